The number of hydrogen-bond donors (Lipinski definition) is 4. The molecule has 4 N–H and O–H groups in total. The SMILES string of the molecule is COC[C@@H]1CN(C(=O)O)[C@](c2nc3c(ccc4cc5c(cc43)OCc3cc(-c4cnc([C@@H]6CC[C@H](C)N6C(=O)[C@@H](NC(=O)OC)C(C)C)[nH]4)ccc3-5)[nH]2)(C(C)(C)C)C1. The maximum absolute atomic E-state index is 13.9. The normalized spacial score (nSPS) is 22.3. The number of ether oxygens (including phenoxy) is 3. The standard InChI is InChI=1S/C44H53N7O7/c1-23(2)36(49-41(53)57-8)39(52)51-24(3)9-14-34(51)38-45-19-33(46-38)27-10-12-29-28(15-27)22-58-35-17-30-26(16-31(29)35)11-13-32-37(30)48-40(47-32)44(43(4,5)6)18-25(21-56-7)20-50(44)42(54)55/h10-13,15-17,19,23-25,34,36H,9,14,18,20-22H2,1-8H3,(H,45,46)(H,47,48)(H,49,53)(H,54,55)/t24-,25-,34-,36-,44+/m0/s1. The molecule has 0 spiro atoms. The van der Waals surface area contributed by atoms with Crippen LogP contribution in [-0.2, 0) is 26.4 Å². The van der Waals surface area contributed by atoms with Gasteiger partial charge in [-0.1, -0.05) is 52.8 Å². The van der Waals surface area contributed by atoms with Crippen LogP contribution in [0.5, 0.6) is 5.75 Å². The van der Waals surface area contributed by atoms with Crippen molar-refractivity contribution in [2.75, 3.05) is 27.4 Å². The fourth-order valence-corrected chi connectivity index (χ4v) is 9.67. The van der Waals surface area contributed by atoms with Crippen LogP contribution < -0.4 is 10.1 Å². The zero-order chi connectivity index (χ0) is 41.3. The van der Waals surface area contributed by atoms with Gasteiger partial charge in [-0.2, -0.15) is 0 Å². The molecule has 3 aliphatic rings. The minimum Gasteiger partial charge on any atom is -0.488 e. The number of methoxy groups -OCH3 is 2. The predicted molar refractivity (Wildman–Crippen MR) is 219 cm³/mol. The van der Waals surface area contributed by atoms with Gasteiger partial charge < -0.3 is 39.5 Å². The molecule has 2 fully saturated rings. The molecule has 2 aromatic heterocycles. The van der Waals surface area contributed by atoms with Crippen LogP contribution >= 0.6 is 0 Å². The molecule has 0 aliphatic carbocycles. The molecule has 0 unspecified atom stereocenters. The van der Waals surface area contributed by atoms with E-state index in [1.165, 1.54) is 7.11 Å². The molecule has 0 radical (unpaired) electrons. The number of aromatic amines is 2. The summed E-state index contributed by atoms with van der Waals surface area (Å²) >= 11 is 0. The molecule has 5 atom stereocenters. The molecule has 3 aliphatic heterocycles. The first-order valence-corrected chi connectivity index (χ1v) is 20.1. The van der Waals surface area contributed by atoms with Gasteiger partial charge in [-0.3, -0.25) is 9.69 Å². The van der Waals surface area contributed by atoms with Crippen molar-refractivity contribution in [3.8, 4) is 28.1 Å². The molecule has 14 nitrogen and oxygen atoms in total. The van der Waals surface area contributed by atoms with Crippen LogP contribution in [0.2, 0.25) is 0 Å². The zero-order valence-corrected chi connectivity index (χ0v) is 34.4. The Morgan fingerprint density at radius 1 is 1.07 bits per heavy atom. The van der Waals surface area contributed by atoms with Crippen molar-refractivity contribution in [1.29, 1.82) is 0 Å². The summed E-state index contributed by atoms with van der Waals surface area (Å²) in [5, 5.41) is 15.1. The number of carboxylic acid groups (broad SMARTS) is 1. The molecule has 0 bridgehead atoms. The van der Waals surface area contributed by atoms with E-state index >= 15 is 0 Å². The average molecular weight is 792 g/mol. The molecule has 2 saturated heterocycles. The van der Waals surface area contributed by atoms with Gasteiger partial charge in [-0.15, -0.1) is 0 Å². The number of amides is 3. The fraction of sp³-hybridized carbons (Fsp3) is 0.477. The molecule has 5 aromatic rings. The average Bonchev–Trinajstić information content (AvgIpc) is 4.00. The lowest BCUT2D eigenvalue weighted by Gasteiger charge is -2.45. The van der Waals surface area contributed by atoms with Crippen LogP contribution in [0.15, 0.2) is 48.7 Å². The monoisotopic (exact) mass is 791 g/mol. The quantitative estimate of drug-likeness (QED) is 0.121. The number of nitrogens with one attached hydrogen (secondary N) is 3. The molecule has 3 aromatic carbocycles. The number of nitrogens with zero attached hydrogens (tertiary/aromatic N) is 4. The lowest BCUT2D eigenvalue weighted by atomic mass is 9.70. The van der Waals surface area contributed by atoms with Gasteiger partial charge in [0.2, 0.25) is 5.91 Å². The largest absolute Gasteiger partial charge is 0.488 e. The highest BCUT2D eigenvalue weighted by molar-refractivity contribution is 6.07. The van der Waals surface area contributed by atoms with Gasteiger partial charge >= 0.3 is 12.2 Å². The van der Waals surface area contributed by atoms with E-state index in [0.29, 0.717) is 37.8 Å². The summed E-state index contributed by atoms with van der Waals surface area (Å²) in [5.74, 6) is 1.87. The number of rotatable bonds is 8. The van der Waals surface area contributed by atoms with Crippen LogP contribution in [-0.4, -0.2) is 92.4 Å². The third-order valence-corrected chi connectivity index (χ3v) is 12.6. The second-order valence-electron chi connectivity index (χ2n) is 17.5. The van der Waals surface area contributed by atoms with E-state index in [-0.39, 0.29) is 29.8 Å². The number of alkyl carbamates (subject to hydrolysis) is 1. The van der Waals surface area contributed by atoms with Gasteiger partial charge in [0.05, 0.1) is 42.7 Å². The predicted octanol–water partition coefficient (Wildman–Crippen LogP) is 7.99. The Labute approximate surface area is 337 Å². The van der Waals surface area contributed by atoms with Crippen molar-refractivity contribution in [1.82, 2.24) is 35.1 Å². The van der Waals surface area contributed by atoms with Crippen LogP contribution in [0.25, 0.3) is 44.2 Å². The number of aromatic nitrogens is 4. The summed E-state index contributed by atoms with van der Waals surface area (Å²) in [4.78, 5) is 59.1. The zero-order valence-electron chi connectivity index (χ0n) is 34.4. The van der Waals surface area contributed by atoms with Gasteiger partial charge in [-0.25, -0.2) is 19.6 Å². The Kier molecular flexibility index (Phi) is 9.89. The molecule has 3 amide bonds. The smallest absolute Gasteiger partial charge is 0.408 e. The van der Waals surface area contributed by atoms with Crippen LogP contribution in [0.1, 0.15) is 84.1 Å². The molecule has 14 heteroatoms. The Morgan fingerprint density at radius 3 is 2.57 bits per heavy atom. The highest BCUT2D eigenvalue weighted by Gasteiger charge is 2.58. The van der Waals surface area contributed by atoms with Crippen molar-refractivity contribution >= 4 is 39.9 Å². The van der Waals surface area contributed by atoms with Crippen LogP contribution in [0.4, 0.5) is 9.59 Å². The number of imidazole rings is 2. The highest BCUT2D eigenvalue weighted by Crippen LogP contribution is 2.53. The van der Waals surface area contributed by atoms with Crippen molar-refractivity contribution in [2.45, 2.75) is 91.1 Å². The highest BCUT2D eigenvalue weighted by atomic mass is 16.5. The number of carbonyl (C=O) groups excluding carboxylic acids is 2. The van der Waals surface area contributed by atoms with Gasteiger partial charge in [0, 0.05) is 36.6 Å². The van der Waals surface area contributed by atoms with Crippen molar-refractivity contribution < 1.29 is 33.7 Å². The lowest BCUT2D eigenvalue weighted by Crippen LogP contribution is -2.53. The molecule has 8 rings (SSSR count). The van der Waals surface area contributed by atoms with Crippen LogP contribution in [0.3, 0.4) is 0 Å². The first kappa shape index (κ1) is 39.2. The molecule has 5 heterocycles. The molecule has 0 saturated carbocycles. The number of benzene rings is 3. The van der Waals surface area contributed by atoms with E-state index < -0.39 is 29.2 Å². The van der Waals surface area contributed by atoms with E-state index in [9.17, 15) is 19.5 Å². The molecule has 306 valence electrons. The number of H-pyrrole nitrogens is 2. The second-order valence-corrected chi connectivity index (χ2v) is 17.5. The number of fused-ring (bicyclic) bond motifs is 6. The van der Waals surface area contributed by atoms with Gasteiger partial charge in [0.15, 0.2) is 0 Å². The summed E-state index contributed by atoms with van der Waals surface area (Å²) in [7, 11) is 2.94. The van der Waals surface area contributed by atoms with Crippen molar-refractivity contribution in [2.24, 2.45) is 17.3 Å². The summed E-state index contributed by atoms with van der Waals surface area (Å²) in [6.45, 7) is 13.3. The second kappa shape index (κ2) is 14.6. The Bertz CT molecular complexity index is 2410. The Hall–Kier alpha value is -5.63. The molecular formula is C44H53N7O7. The molecule has 58 heavy (non-hydrogen) atoms. The van der Waals surface area contributed by atoms with Crippen LogP contribution in [0, 0.1) is 17.3 Å². The summed E-state index contributed by atoms with van der Waals surface area (Å²) in [6, 6.07) is 13.6. The van der Waals surface area contributed by atoms with Gasteiger partial charge in [-0.05, 0) is 83.9 Å². The summed E-state index contributed by atoms with van der Waals surface area (Å²) in [6.07, 6.45) is 2.38. The Morgan fingerprint density at radius 2 is 1.86 bits per heavy atom. The third kappa shape index (κ3) is 6.41. The minimum atomic E-state index is -0.968. The van der Waals surface area contributed by atoms with E-state index in [4.69, 9.17) is 24.2 Å². The lowest BCUT2D eigenvalue weighted by molar-refractivity contribution is -0.137. The van der Waals surface area contributed by atoms with Crippen molar-refractivity contribution in [3.63, 3.8) is 0 Å². The van der Waals surface area contributed by atoms with Gasteiger partial charge in [0.1, 0.15) is 35.6 Å². The number of likely N-dealkylation sites (tertiary alicyclic amines) is 2. The fourth-order valence-electron chi connectivity index (χ4n) is 9.67. The van der Waals surface area contributed by atoms with E-state index in [1.807, 2.05) is 37.9 Å². The number of hydrogen-bond acceptors (Lipinski definition) is 8. The molecular weight excluding hydrogens is 739 g/mol. The Balaban J connectivity index is 1.09. The van der Waals surface area contributed by atoms with E-state index in [2.05, 4.69) is 72.5 Å². The maximum Gasteiger partial charge on any atom is 0.408 e. The van der Waals surface area contributed by atoms with E-state index in [0.717, 1.165) is 68.3 Å². The minimum absolute atomic E-state index is 0.0152. The van der Waals surface area contributed by atoms with Gasteiger partial charge in [0.25, 0.3) is 0 Å². The first-order valence-electron chi connectivity index (χ1n) is 20.1. The first-order chi connectivity index (χ1) is 27.6. The third-order valence-electron chi connectivity index (χ3n) is 12.6. The summed E-state index contributed by atoms with van der Waals surface area (Å²) in [5.41, 5.74) is 5.16. The summed E-state index contributed by atoms with van der Waals surface area (Å²) < 4.78 is 16.7. The maximum atomic E-state index is 13.9. The van der Waals surface area contributed by atoms with E-state index in [1.54, 1.807) is 12.0 Å². The number of carbonyl (C=O) groups is 3. The topological polar surface area (TPSA) is 175 Å². The van der Waals surface area contributed by atoms with Crippen molar-refractivity contribution in [3.05, 3.63) is 65.9 Å².